The standard InChI is InChI=1S/C16H31N5O7S2/c1-4-28-14(24)7-19-15(25)11(8-29-30-9-13(23)21-18-2)20-12(22)6-5-10(17)16(26)27-3/h10-12,18,20,22H,4-9,17H2,1-3H3,(H,19,25)(H,21,23). The fourth-order valence-corrected chi connectivity index (χ4v) is 4.01. The highest BCUT2D eigenvalue weighted by Crippen LogP contribution is 2.22. The van der Waals surface area contributed by atoms with Crippen LogP contribution in [0.25, 0.3) is 0 Å². The molecule has 0 bridgehead atoms. The highest BCUT2D eigenvalue weighted by molar-refractivity contribution is 8.76. The molecule has 0 heterocycles. The van der Waals surface area contributed by atoms with Crippen molar-refractivity contribution in [2.75, 3.05) is 38.8 Å². The molecule has 0 rings (SSSR count). The van der Waals surface area contributed by atoms with Crippen molar-refractivity contribution < 1.29 is 33.8 Å². The predicted octanol–water partition coefficient (Wildman–Crippen LogP) is -2.15. The smallest absolute Gasteiger partial charge is 0.325 e. The number of aliphatic hydroxyl groups excluding tert-OH is 1. The van der Waals surface area contributed by atoms with Gasteiger partial charge in [-0.3, -0.25) is 29.9 Å². The van der Waals surface area contributed by atoms with Crippen LogP contribution in [0.3, 0.4) is 0 Å². The van der Waals surface area contributed by atoms with Crippen LogP contribution in [-0.4, -0.2) is 86.0 Å². The monoisotopic (exact) mass is 469 g/mol. The average Bonchev–Trinajstić information content (AvgIpc) is 2.72. The molecule has 12 nitrogen and oxygen atoms in total. The number of methoxy groups -OCH3 is 1. The van der Waals surface area contributed by atoms with Crippen molar-refractivity contribution in [2.24, 2.45) is 5.73 Å². The van der Waals surface area contributed by atoms with Crippen molar-refractivity contribution in [1.29, 1.82) is 0 Å². The van der Waals surface area contributed by atoms with E-state index in [0.717, 1.165) is 0 Å². The zero-order chi connectivity index (χ0) is 22.9. The molecule has 3 unspecified atom stereocenters. The molecule has 0 aromatic carbocycles. The lowest BCUT2D eigenvalue weighted by atomic mass is 10.1. The molecule has 30 heavy (non-hydrogen) atoms. The van der Waals surface area contributed by atoms with Crippen LogP contribution in [0.4, 0.5) is 0 Å². The quantitative estimate of drug-likeness (QED) is 0.0475. The lowest BCUT2D eigenvalue weighted by Gasteiger charge is -2.22. The second kappa shape index (κ2) is 17.1. The van der Waals surface area contributed by atoms with Gasteiger partial charge in [-0.15, -0.1) is 0 Å². The van der Waals surface area contributed by atoms with E-state index in [1.807, 2.05) is 0 Å². The van der Waals surface area contributed by atoms with Gasteiger partial charge in [0.1, 0.15) is 18.8 Å². The number of ether oxygens (including phenoxy) is 2. The van der Waals surface area contributed by atoms with Crippen molar-refractivity contribution in [3.63, 3.8) is 0 Å². The second-order valence-electron chi connectivity index (χ2n) is 5.81. The van der Waals surface area contributed by atoms with Gasteiger partial charge in [-0.05, 0) is 19.8 Å². The first kappa shape index (κ1) is 28.4. The maximum atomic E-state index is 12.4. The van der Waals surface area contributed by atoms with Crippen LogP contribution in [0.15, 0.2) is 0 Å². The van der Waals surface area contributed by atoms with Crippen molar-refractivity contribution in [2.45, 2.75) is 38.1 Å². The zero-order valence-corrected chi connectivity index (χ0v) is 18.9. The van der Waals surface area contributed by atoms with E-state index in [1.165, 1.54) is 28.7 Å². The van der Waals surface area contributed by atoms with Gasteiger partial charge in [-0.2, -0.15) is 0 Å². The Morgan fingerprint density at radius 2 is 1.87 bits per heavy atom. The van der Waals surface area contributed by atoms with Gasteiger partial charge in [0.05, 0.1) is 25.5 Å². The summed E-state index contributed by atoms with van der Waals surface area (Å²) in [6.45, 7) is 1.53. The molecule has 0 saturated carbocycles. The van der Waals surface area contributed by atoms with Gasteiger partial charge in [-0.25, -0.2) is 5.43 Å². The van der Waals surface area contributed by atoms with Crippen molar-refractivity contribution in [1.82, 2.24) is 21.5 Å². The molecule has 0 aliphatic rings. The van der Waals surface area contributed by atoms with E-state index in [4.69, 9.17) is 10.5 Å². The summed E-state index contributed by atoms with van der Waals surface area (Å²) in [7, 11) is 5.25. The molecule has 3 atom stereocenters. The lowest BCUT2D eigenvalue weighted by molar-refractivity contribution is -0.143. The predicted molar refractivity (Wildman–Crippen MR) is 114 cm³/mol. The first-order chi connectivity index (χ1) is 14.2. The molecule has 174 valence electrons. The number of carbonyl (C=O) groups excluding carboxylic acids is 4. The molecule has 0 fully saturated rings. The highest BCUT2D eigenvalue weighted by Gasteiger charge is 2.23. The third kappa shape index (κ3) is 13.6. The van der Waals surface area contributed by atoms with E-state index < -0.39 is 36.2 Å². The Bertz CT molecular complexity index is 556. The Labute approximate surface area is 183 Å². The minimum absolute atomic E-state index is 0.0975. The van der Waals surface area contributed by atoms with Crippen LogP contribution in [0.5, 0.6) is 0 Å². The molecule has 0 spiro atoms. The SMILES string of the molecule is CCOC(=O)CNC(=O)C(CSSCC(=O)NNC)NC(O)CCC(N)C(=O)OC. The highest BCUT2D eigenvalue weighted by atomic mass is 33.1. The number of hydrogen-bond acceptors (Lipinski definition) is 12. The Hall–Kier alpha value is -1.58. The summed E-state index contributed by atoms with van der Waals surface area (Å²) in [5, 5.41) is 15.3. The number of aliphatic hydroxyl groups is 1. The van der Waals surface area contributed by atoms with Crippen LogP contribution in [0.2, 0.25) is 0 Å². The van der Waals surface area contributed by atoms with Gasteiger partial charge < -0.3 is 25.6 Å². The molecule has 14 heteroatoms. The first-order valence-electron chi connectivity index (χ1n) is 9.15. The number of hydrogen-bond donors (Lipinski definition) is 6. The van der Waals surface area contributed by atoms with Crippen LogP contribution < -0.4 is 27.2 Å². The largest absolute Gasteiger partial charge is 0.468 e. The van der Waals surface area contributed by atoms with Gasteiger partial charge in [0.25, 0.3) is 0 Å². The number of amides is 2. The van der Waals surface area contributed by atoms with Gasteiger partial charge in [0.2, 0.25) is 11.8 Å². The lowest BCUT2D eigenvalue weighted by Crippen LogP contribution is -2.51. The number of nitrogens with one attached hydrogen (secondary N) is 4. The Kier molecular flexibility index (Phi) is 16.2. The van der Waals surface area contributed by atoms with E-state index >= 15 is 0 Å². The molecule has 0 radical (unpaired) electrons. The Morgan fingerprint density at radius 3 is 2.47 bits per heavy atom. The fourth-order valence-electron chi connectivity index (χ4n) is 2.00. The molecule has 2 amide bonds. The van der Waals surface area contributed by atoms with Crippen LogP contribution >= 0.6 is 21.6 Å². The maximum absolute atomic E-state index is 12.4. The average molecular weight is 470 g/mol. The number of nitrogens with two attached hydrogens (primary N) is 1. The molecule has 0 aliphatic carbocycles. The van der Waals surface area contributed by atoms with Gasteiger partial charge in [0, 0.05) is 12.8 Å². The van der Waals surface area contributed by atoms with Crippen LogP contribution in [-0.2, 0) is 28.7 Å². The summed E-state index contributed by atoms with van der Waals surface area (Å²) in [6, 6.07) is -1.76. The first-order valence-corrected chi connectivity index (χ1v) is 11.6. The maximum Gasteiger partial charge on any atom is 0.325 e. The van der Waals surface area contributed by atoms with Crippen LogP contribution in [0, 0.1) is 0 Å². The number of esters is 2. The molecular weight excluding hydrogens is 438 g/mol. The molecule has 7 N–H and O–H groups in total. The summed E-state index contributed by atoms with van der Waals surface area (Å²) in [5.74, 6) is -1.58. The van der Waals surface area contributed by atoms with Crippen LogP contribution in [0.1, 0.15) is 19.8 Å². The molecule has 0 aromatic rings. The van der Waals surface area contributed by atoms with E-state index in [9.17, 15) is 24.3 Å². The summed E-state index contributed by atoms with van der Waals surface area (Å²) in [5.41, 5.74) is 10.6. The van der Waals surface area contributed by atoms with Gasteiger partial charge in [0.15, 0.2) is 0 Å². The van der Waals surface area contributed by atoms with E-state index in [1.54, 1.807) is 14.0 Å². The molecular formula is C16H31N5O7S2. The third-order valence-corrected chi connectivity index (χ3v) is 5.73. The normalized spacial score (nSPS) is 13.6. The number of hydrazine groups is 1. The Morgan fingerprint density at radius 1 is 1.17 bits per heavy atom. The third-order valence-electron chi connectivity index (χ3n) is 3.45. The molecule has 0 aromatic heterocycles. The fraction of sp³-hybridized carbons (Fsp3) is 0.750. The van der Waals surface area contributed by atoms with Crippen molar-refractivity contribution in [3.8, 4) is 0 Å². The number of carbonyl (C=O) groups is 4. The summed E-state index contributed by atoms with van der Waals surface area (Å²) in [6.07, 6.45) is -0.887. The molecule has 0 saturated heterocycles. The van der Waals surface area contributed by atoms with E-state index in [-0.39, 0.29) is 43.4 Å². The van der Waals surface area contributed by atoms with E-state index in [0.29, 0.717) is 0 Å². The topological polar surface area (TPSA) is 181 Å². The Balaban J connectivity index is 4.67. The minimum atomic E-state index is -1.13. The van der Waals surface area contributed by atoms with Crippen molar-refractivity contribution in [3.05, 3.63) is 0 Å². The minimum Gasteiger partial charge on any atom is -0.468 e. The number of rotatable bonds is 16. The summed E-state index contributed by atoms with van der Waals surface area (Å²) in [4.78, 5) is 46.6. The summed E-state index contributed by atoms with van der Waals surface area (Å²) >= 11 is 0. The van der Waals surface area contributed by atoms with E-state index in [2.05, 4.69) is 26.2 Å². The van der Waals surface area contributed by atoms with Gasteiger partial charge in [-0.1, -0.05) is 21.6 Å². The van der Waals surface area contributed by atoms with Crippen molar-refractivity contribution >= 4 is 45.3 Å². The molecule has 0 aliphatic heterocycles. The second-order valence-corrected chi connectivity index (χ2v) is 8.32. The zero-order valence-electron chi connectivity index (χ0n) is 17.3. The summed E-state index contributed by atoms with van der Waals surface area (Å²) < 4.78 is 9.28. The van der Waals surface area contributed by atoms with Gasteiger partial charge >= 0.3 is 11.9 Å².